The molecule has 1 aromatic heterocycles. The van der Waals surface area contributed by atoms with Crippen LogP contribution in [-0.2, 0) is 9.53 Å². The summed E-state index contributed by atoms with van der Waals surface area (Å²) in [4.78, 5) is 24.4. The fourth-order valence-electron chi connectivity index (χ4n) is 4.00. The van der Waals surface area contributed by atoms with Crippen molar-refractivity contribution < 1.29 is 45.7 Å². The molecular weight excluding hydrogens is 469 g/mol. The first-order chi connectivity index (χ1) is 15.7. The summed E-state index contributed by atoms with van der Waals surface area (Å²) in [6, 6.07) is 3.76. The molecule has 13 heteroatoms. The number of amides is 2. The summed E-state index contributed by atoms with van der Waals surface area (Å²) in [6.45, 7) is 1.92. The number of nitrogens with zero attached hydrogens (tertiary/aromatic N) is 1. The van der Waals surface area contributed by atoms with Crippen molar-refractivity contribution in [2.24, 2.45) is 11.7 Å². The van der Waals surface area contributed by atoms with Crippen molar-refractivity contribution in [3.8, 4) is 5.75 Å². The molecule has 0 spiro atoms. The van der Waals surface area contributed by atoms with E-state index in [0.717, 1.165) is 38.4 Å². The zero-order chi connectivity index (χ0) is 25.6. The Balaban J connectivity index is 2.08. The van der Waals surface area contributed by atoms with E-state index >= 15 is 0 Å². The Labute approximate surface area is 190 Å². The topological polar surface area (TPSA) is 118 Å². The number of carbonyl (C=O) groups excluding carboxylic acids is 2. The molecule has 1 aliphatic rings. The Morgan fingerprint density at radius 1 is 1.26 bits per heavy atom. The van der Waals surface area contributed by atoms with E-state index < -0.39 is 64.6 Å². The van der Waals surface area contributed by atoms with Gasteiger partial charge in [-0.15, -0.1) is 0 Å². The average molecular weight is 489 g/mol. The van der Waals surface area contributed by atoms with Crippen LogP contribution in [0.15, 0.2) is 30.5 Å². The predicted octanol–water partition coefficient (Wildman–Crippen LogP) is 2.78. The summed E-state index contributed by atoms with van der Waals surface area (Å²) in [5, 5.41) is 13.9. The third kappa shape index (κ3) is 4.11. The van der Waals surface area contributed by atoms with Crippen LogP contribution in [0.2, 0.25) is 0 Å². The predicted molar refractivity (Wildman–Crippen MR) is 107 cm³/mol. The molecule has 3 N–H and O–H groups in total. The van der Waals surface area contributed by atoms with Gasteiger partial charge in [0.2, 0.25) is 5.82 Å². The van der Waals surface area contributed by atoms with Crippen molar-refractivity contribution in [1.82, 2.24) is 0 Å². The number of ether oxygens (including phenoxy) is 2. The molecule has 1 aliphatic heterocycles. The number of rotatable bonds is 5. The van der Waals surface area contributed by atoms with Gasteiger partial charge >= 0.3 is 12.1 Å². The molecule has 1 fully saturated rings. The second-order valence-electron chi connectivity index (χ2n) is 7.92. The number of nitrogens with two attached hydrogens (primary N) is 1. The number of aromatic nitrogens is 1. The van der Waals surface area contributed by atoms with E-state index in [4.69, 9.17) is 15.2 Å². The zero-order valence-electron chi connectivity index (χ0n) is 18.1. The molecule has 1 unspecified atom stereocenters. The quantitative estimate of drug-likeness (QED) is 0.381. The normalized spacial score (nSPS) is 24.6. The lowest BCUT2D eigenvalue weighted by molar-refractivity contribution is -0.607. The summed E-state index contributed by atoms with van der Waals surface area (Å²) in [6.07, 6.45) is -5.90. The Kier molecular flexibility index (Phi) is 6.44. The van der Waals surface area contributed by atoms with Crippen LogP contribution in [0.3, 0.4) is 0 Å². The van der Waals surface area contributed by atoms with E-state index in [0.29, 0.717) is 6.07 Å². The average Bonchev–Trinajstić information content (AvgIpc) is 3.03. The lowest BCUT2D eigenvalue weighted by Gasteiger charge is -2.32. The van der Waals surface area contributed by atoms with Crippen LogP contribution in [0.25, 0.3) is 0 Å². The highest BCUT2D eigenvalue weighted by Crippen LogP contribution is 2.55. The van der Waals surface area contributed by atoms with Crippen LogP contribution in [0.5, 0.6) is 5.75 Å². The number of hydrogen-bond acceptors (Lipinski definition) is 5. The third-order valence-corrected chi connectivity index (χ3v) is 6.01. The summed E-state index contributed by atoms with van der Waals surface area (Å²) in [5.74, 6) is -8.43. The molecule has 1 aromatic carbocycles. The van der Waals surface area contributed by atoms with Gasteiger partial charge in [0.15, 0.2) is 23.4 Å². The molecule has 2 amide bonds. The van der Waals surface area contributed by atoms with Crippen molar-refractivity contribution in [2.45, 2.75) is 37.6 Å². The number of primary amides is 1. The van der Waals surface area contributed by atoms with Gasteiger partial charge in [0.25, 0.3) is 11.6 Å². The maximum absolute atomic E-state index is 14.4. The summed E-state index contributed by atoms with van der Waals surface area (Å²) in [7, 11) is 1.01. The Bertz CT molecular complexity index is 1140. The zero-order valence-corrected chi connectivity index (χ0v) is 18.1. The number of alkyl halides is 3. The maximum atomic E-state index is 14.4. The number of methoxy groups -OCH3 is 1. The molecule has 4 atom stereocenters. The van der Waals surface area contributed by atoms with Gasteiger partial charge in [-0.2, -0.15) is 22.3 Å². The standard InChI is InChI=1S/C21H20F5N3O5/c1-9-14(11-4-5-12(22)15(23)16(11)33-3)17(34-20(9,2)21(24,25)26)19(31)28-10-6-7-29(32)13(8-10)18(27)30/h4-9,14,17H,1-3H3,(H2,27,30)(H,28,31)/t9-,14?,17+,20+/m0/s1. The molecule has 0 saturated carbocycles. The summed E-state index contributed by atoms with van der Waals surface area (Å²) >= 11 is 0. The van der Waals surface area contributed by atoms with Gasteiger partial charge in [-0.3, -0.25) is 9.59 Å². The fourth-order valence-corrected chi connectivity index (χ4v) is 4.00. The third-order valence-electron chi connectivity index (χ3n) is 6.01. The molecule has 0 aliphatic carbocycles. The molecule has 0 bridgehead atoms. The smallest absolute Gasteiger partial charge is 0.417 e. The fraction of sp³-hybridized carbons (Fsp3) is 0.381. The van der Waals surface area contributed by atoms with E-state index in [2.05, 4.69) is 5.32 Å². The van der Waals surface area contributed by atoms with Crippen molar-refractivity contribution >= 4 is 17.5 Å². The highest BCUT2D eigenvalue weighted by atomic mass is 19.4. The largest absolute Gasteiger partial charge is 0.618 e. The molecular formula is C21H20F5N3O5. The molecule has 3 rings (SSSR count). The van der Waals surface area contributed by atoms with Gasteiger partial charge in [-0.25, -0.2) is 4.39 Å². The molecule has 8 nitrogen and oxygen atoms in total. The molecule has 2 heterocycles. The number of halogens is 5. The second-order valence-corrected chi connectivity index (χ2v) is 7.92. The van der Waals surface area contributed by atoms with Crippen molar-refractivity contribution in [3.05, 3.63) is 58.6 Å². The van der Waals surface area contributed by atoms with Gasteiger partial charge < -0.3 is 25.7 Å². The number of hydrogen-bond donors (Lipinski definition) is 2. The molecule has 1 saturated heterocycles. The Morgan fingerprint density at radius 3 is 2.47 bits per heavy atom. The van der Waals surface area contributed by atoms with Crippen LogP contribution < -0.4 is 20.5 Å². The Hall–Kier alpha value is -3.48. The van der Waals surface area contributed by atoms with E-state index in [9.17, 15) is 36.7 Å². The first-order valence-corrected chi connectivity index (χ1v) is 9.83. The SMILES string of the molecule is COc1c(C2[C@H](C(=O)Nc3cc[n+]([O-])c(C(N)=O)c3)O[C@@](C)(C(F)(F)F)[C@H]2C)ccc(F)c1F. The highest BCUT2D eigenvalue weighted by molar-refractivity contribution is 5.97. The van der Waals surface area contributed by atoms with E-state index in [1.165, 1.54) is 6.92 Å². The monoisotopic (exact) mass is 489 g/mol. The molecule has 34 heavy (non-hydrogen) atoms. The van der Waals surface area contributed by atoms with Crippen LogP contribution in [0.4, 0.5) is 27.6 Å². The van der Waals surface area contributed by atoms with Crippen LogP contribution in [0, 0.1) is 22.8 Å². The van der Waals surface area contributed by atoms with E-state index in [1.54, 1.807) is 0 Å². The maximum Gasteiger partial charge on any atom is 0.417 e. The lowest BCUT2D eigenvalue weighted by atomic mass is 9.77. The first-order valence-electron chi connectivity index (χ1n) is 9.83. The Morgan fingerprint density at radius 2 is 1.91 bits per heavy atom. The van der Waals surface area contributed by atoms with Crippen molar-refractivity contribution in [2.75, 3.05) is 12.4 Å². The minimum atomic E-state index is -4.93. The van der Waals surface area contributed by atoms with Crippen LogP contribution in [0.1, 0.15) is 35.8 Å². The number of nitrogens with one attached hydrogen (secondary N) is 1. The van der Waals surface area contributed by atoms with E-state index in [1.807, 2.05) is 0 Å². The van der Waals surface area contributed by atoms with Crippen LogP contribution in [-0.4, -0.2) is 36.8 Å². The van der Waals surface area contributed by atoms with Crippen molar-refractivity contribution in [1.29, 1.82) is 0 Å². The summed E-state index contributed by atoms with van der Waals surface area (Å²) < 4.78 is 80.2. The van der Waals surface area contributed by atoms with E-state index in [-0.39, 0.29) is 16.0 Å². The minimum absolute atomic E-state index is 0.126. The molecule has 0 radical (unpaired) electrons. The number of pyridine rings is 1. The first kappa shape index (κ1) is 25.1. The second kappa shape index (κ2) is 8.70. The number of anilines is 1. The summed E-state index contributed by atoms with van der Waals surface area (Å²) in [5.41, 5.74) is 1.40. The van der Waals surface area contributed by atoms with Gasteiger partial charge in [0, 0.05) is 29.5 Å². The van der Waals surface area contributed by atoms with Gasteiger partial charge in [-0.1, -0.05) is 13.0 Å². The molecule has 2 aromatic rings. The van der Waals surface area contributed by atoms with Crippen molar-refractivity contribution in [3.63, 3.8) is 0 Å². The van der Waals surface area contributed by atoms with Gasteiger partial charge in [0.1, 0.15) is 6.10 Å². The number of benzene rings is 1. The van der Waals surface area contributed by atoms with Crippen LogP contribution >= 0.6 is 0 Å². The highest BCUT2D eigenvalue weighted by Gasteiger charge is 2.65. The lowest BCUT2D eigenvalue weighted by Crippen LogP contribution is -2.47. The van der Waals surface area contributed by atoms with Gasteiger partial charge in [0.05, 0.1) is 12.8 Å². The molecule has 184 valence electrons. The minimum Gasteiger partial charge on any atom is -0.618 e. The van der Waals surface area contributed by atoms with Gasteiger partial charge in [-0.05, 0) is 13.0 Å². The number of carbonyl (C=O) groups is 2.